The normalized spacial score (nSPS) is 17.4. The Hall–Kier alpha value is -0.860. The molecule has 2 rings (SSSR count). The first-order valence-corrected chi connectivity index (χ1v) is 8.01. The molecule has 112 valence electrons. The summed E-state index contributed by atoms with van der Waals surface area (Å²) >= 11 is 0. The predicted molar refractivity (Wildman–Crippen MR) is 87.1 cm³/mol. The van der Waals surface area contributed by atoms with Crippen molar-refractivity contribution < 1.29 is 0 Å². The maximum absolute atomic E-state index is 3.42. The lowest BCUT2D eigenvalue weighted by Gasteiger charge is -2.28. The fourth-order valence-electron chi connectivity index (χ4n) is 2.98. The quantitative estimate of drug-likeness (QED) is 0.907. The van der Waals surface area contributed by atoms with Crippen LogP contribution >= 0.6 is 0 Å². The molecule has 0 aliphatic carbocycles. The molecule has 1 aliphatic heterocycles. The molecule has 1 saturated heterocycles. The van der Waals surface area contributed by atoms with Crippen LogP contribution in [0.25, 0.3) is 0 Å². The summed E-state index contributed by atoms with van der Waals surface area (Å²) in [6.07, 6.45) is 2.29. The third-order valence-electron chi connectivity index (χ3n) is 3.87. The molecule has 1 aliphatic rings. The summed E-state index contributed by atoms with van der Waals surface area (Å²) in [5.74, 6) is 0. The smallest absolute Gasteiger partial charge is 0.0235 e. The maximum atomic E-state index is 3.42. The van der Waals surface area contributed by atoms with Crippen molar-refractivity contribution in [2.24, 2.45) is 5.41 Å². The molecule has 1 fully saturated rings. The van der Waals surface area contributed by atoms with E-state index in [4.69, 9.17) is 0 Å². The molecular formula is C18H30N2. The van der Waals surface area contributed by atoms with Crippen molar-refractivity contribution in [2.45, 2.75) is 47.1 Å². The molecule has 0 aromatic heterocycles. The summed E-state index contributed by atoms with van der Waals surface area (Å²) in [5, 5.41) is 3.42. The zero-order valence-electron chi connectivity index (χ0n) is 13.6. The number of piperazine rings is 1. The van der Waals surface area contributed by atoms with Gasteiger partial charge < -0.3 is 5.32 Å². The van der Waals surface area contributed by atoms with E-state index in [9.17, 15) is 0 Å². The SMILES string of the molecule is CCc1cc(CN2CCNCC2)cc(CC(C)(C)C)c1. The Kier molecular flexibility index (Phi) is 5.22. The average molecular weight is 274 g/mol. The fourth-order valence-corrected chi connectivity index (χ4v) is 2.98. The Morgan fingerprint density at radius 2 is 1.60 bits per heavy atom. The van der Waals surface area contributed by atoms with Crippen molar-refractivity contribution in [3.8, 4) is 0 Å². The predicted octanol–water partition coefficient (Wildman–Crippen LogP) is 3.24. The standard InChI is InChI=1S/C18H30N2/c1-5-15-10-16(13-18(2,3)4)12-17(11-15)14-20-8-6-19-7-9-20/h10-12,19H,5-9,13-14H2,1-4H3. The van der Waals surface area contributed by atoms with Gasteiger partial charge in [0.25, 0.3) is 0 Å². The van der Waals surface area contributed by atoms with E-state index < -0.39 is 0 Å². The Morgan fingerprint density at radius 3 is 2.20 bits per heavy atom. The second kappa shape index (κ2) is 6.73. The minimum atomic E-state index is 0.360. The minimum absolute atomic E-state index is 0.360. The van der Waals surface area contributed by atoms with Crippen LogP contribution in [0.4, 0.5) is 0 Å². The average Bonchev–Trinajstić information content (AvgIpc) is 2.37. The number of nitrogens with one attached hydrogen (secondary N) is 1. The van der Waals surface area contributed by atoms with Gasteiger partial charge in [0.05, 0.1) is 0 Å². The van der Waals surface area contributed by atoms with Crippen LogP contribution in [0.3, 0.4) is 0 Å². The summed E-state index contributed by atoms with van der Waals surface area (Å²) in [4.78, 5) is 2.56. The van der Waals surface area contributed by atoms with Crippen molar-refractivity contribution in [1.82, 2.24) is 10.2 Å². The lowest BCUT2D eigenvalue weighted by Crippen LogP contribution is -2.42. The van der Waals surface area contributed by atoms with E-state index in [1.54, 1.807) is 0 Å². The largest absolute Gasteiger partial charge is 0.314 e. The molecule has 1 N–H and O–H groups in total. The maximum Gasteiger partial charge on any atom is 0.0235 e. The number of hydrogen-bond donors (Lipinski definition) is 1. The van der Waals surface area contributed by atoms with Crippen LogP contribution in [0.2, 0.25) is 0 Å². The van der Waals surface area contributed by atoms with Crippen LogP contribution in [-0.4, -0.2) is 31.1 Å². The van der Waals surface area contributed by atoms with Gasteiger partial charge in [-0.05, 0) is 34.9 Å². The highest BCUT2D eigenvalue weighted by Crippen LogP contribution is 2.23. The van der Waals surface area contributed by atoms with Gasteiger partial charge in [-0.2, -0.15) is 0 Å². The molecule has 0 bridgehead atoms. The lowest BCUT2D eigenvalue weighted by molar-refractivity contribution is 0.233. The highest BCUT2D eigenvalue weighted by Gasteiger charge is 2.14. The zero-order chi connectivity index (χ0) is 14.6. The Bertz CT molecular complexity index is 426. The van der Waals surface area contributed by atoms with E-state index >= 15 is 0 Å². The molecular weight excluding hydrogens is 244 g/mol. The van der Waals surface area contributed by atoms with Crippen molar-refractivity contribution in [2.75, 3.05) is 26.2 Å². The van der Waals surface area contributed by atoms with Gasteiger partial charge in [-0.15, -0.1) is 0 Å². The van der Waals surface area contributed by atoms with Gasteiger partial charge in [0.15, 0.2) is 0 Å². The van der Waals surface area contributed by atoms with Crippen LogP contribution in [0, 0.1) is 5.41 Å². The van der Waals surface area contributed by atoms with Gasteiger partial charge in [0, 0.05) is 32.7 Å². The first kappa shape index (κ1) is 15.5. The summed E-state index contributed by atoms with van der Waals surface area (Å²) < 4.78 is 0. The fraction of sp³-hybridized carbons (Fsp3) is 0.667. The number of nitrogens with zero attached hydrogens (tertiary/aromatic N) is 1. The first-order valence-electron chi connectivity index (χ1n) is 8.01. The van der Waals surface area contributed by atoms with Gasteiger partial charge >= 0.3 is 0 Å². The molecule has 0 spiro atoms. The number of hydrogen-bond acceptors (Lipinski definition) is 2. The van der Waals surface area contributed by atoms with Gasteiger partial charge in [-0.25, -0.2) is 0 Å². The minimum Gasteiger partial charge on any atom is -0.314 e. The summed E-state index contributed by atoms with van der Waals surface area (Å²) in [5.41, 5.74) is 4.84. The second-order valence-corrected chi connectivity index (χ2v) is 7.27. The van der Waals surface area contributed by atoms with Crippen molar-refractivity contribution >= 4 is 0 Å². The van der Waals surface area contributed by atoms with Crippen LogP contribution in [-0.2, 0) is 19.4 Å². The molecule has 1 heterocycles. The highest BCUT2D eigenvalue weighted by molar-refractivity contribution is 5.31. The number of benzene rings is 1. The Labute approximate surface area is 124 Å². The molecule has 1 aromatic rings. The van der Waals surface area contributed by atoms with E-state index in [0.29, 0.717) is 5.41 Å². The number of rotatable bonds is 4. The third kappa shape index (κ3) is 4.92. The van der Waals surface area contributed by atoms with Crippen molar-refractivity contribution in [3.05, 3.63) is 34.9 Å². The monoisotopic (exact) mass is 274 g/mol. The van der Waals surface area contributed by atoms with Gasteiger partial charge in [0.1, 0.15) is 0 Å². The molecule has 0 amide bonds. The molecule has 0 unspecified atom stereocenters. The lowest BCUT2D eigenvalue weighted by atomic mass is 9.86. The van der Waals surface area contributed by atoms with Crippen LogP contribution in [0.1, 0.15) is 44.4 Å². The molecule has 0 radical (unpaired) electrons. The van der Waals surface area contributed by atoms with Crippen molar-refractivity contribution in [3.63, 3.8) is 0 Å². The van der Waals surface area contributed by atoms with Gasteiger partial charge in [0.2, 0.25) is 0 Å². The molecule has 20 heavy (non-hydrogen) atoms. The van der Waals surface area contributed by atoms with E-state index in [-0.39, 0.29) is 0 Å². The molecule has 1 aromatic carbocycles. The third-order valence-corrected chi connectivity index (χ3v) is 3.87. The topological polar surface area (TPSA) is 15.3 Å². The second-order valence-electron chi connectivity index (χ2n) is 7.27. The summed E-state index contributed by atoms with van der Waals surface area (Å²) in [7, 11) is 0. The van der Waals surface area contributed by atoms with Crippen LogP contribution in [0.15, 0.2) is 18.2 Å². The molecule has 2 nitrogen and oxygen atoms in total. The van der Waals surface area contributed by atoms with E-state index in [1.807, 2.05) is 0 Å². The first-order chi connectivity index (χ1) is 9.46. The van der Waals surface area contributed by atoms with Crippen molar-refractivity contribution in [1.29, 1.82) is 0 Å². The van der Waals surface area contributed by atoms with E-state index in [1.165, 1.54) is 29.8 Å². The van der Waals surface area contributed by atoms with Gasteiger partial charge in [-0.3, -0.25) is 4.90 Å². The van der Waals surface area contributed by atoms with Crippen LogP contribution in [0.5, 0.6) is 0 Å². The van der Waals surface area contributed by atoms with Crippen LogP contribution < -0.4 is 5.32 Å². The Morgan fingerprint density at radius 1 is 1.00 bits per heavy atom. The summed E-state index contributed by atoms with van der Waals surface area (Å²) in [6, 6.07) is 7.22. The molecule has 0 atom stereocenters. The zero-order valence-corrected chi connectivity index (χ0v) is 13.6. The number of aryl methyl sites for hydroxylation is 1. The molecule has 0 saturated carbocycles. The van der Waals surface area contributed by atoms with E-state index in [0.717, 1.165) is 32.5 Å². The highest BCUT2D eigenvalue weighted by atomic mass is 15.2. The Balaban J connectivity index is 2.12. The van der Waals surface area contributed by atoms with E-state index in [2.05, 4.69) is 56.1 Å². The summed E-state index contributed by atoms with van der Waals surface area (Å²) in [6.45, 7) is 14.9. The van der Waals surface area contributed by atoms with Gasteiger partial charge in [-0.1, -0.05) is 45.9 Å². The molecule has 2 heteroatoms.